The summed E-state index contributed by atoms with van der Waals surface area (Å²) in [7, 11) is 0. The summed E-state index contributed by atoms with van der Waals surface area (Å²) < 4.78 is 67.9. The van der Waals surface area contributed by atoms with Gasteiger partial charge in [-0.1, -0.05) is 63.1 Å². The van der Waals surface area contributed by atoms with E-state index < -0.39 is 64.7 Å². The normalized spacial score (nSPS) is 22.9. The summed E-state index contributed by atoms with van der Waals surface area (Å²) in [4.78, 5) is 64.7. The number of aromatic nitrogens is 3. The van der Waals surface area contributed by atoms with E-state index >= 15 is 8.78 Å². The average molecular weight is 1110 g/mol. The number of amides is 3. The molecule has 5 aliphatic heterocycles. The number of aliphatic hydroxyl groups is 1. The molecule has 5 fully saturated rings. The third kappa shape index (κ3) is 11.0. The Kier molecular flexibility index (Phi) is 15.4. The molecule has 19 heteroatoms. The van der Waals surface area contributed by atoms with Crippen molar-refractivity contribution in [3.05, 3.63) is 107 Å². The largest absolute Gasteiger partial charge is 0.508 e. The Bertz CT molecular complexity index is 3430. The molecule has 7 heterocycles. The maximum atomic E-state index is 17.3. The minimum absolute atomic E-state index is 0.00779. The van der Waals surface area contributed by atoms with E-state index in [1.807, 2.05) is 20.8 Å². The Hall–Kier alpha value is -7.40. The molecule has 0 aliphatic carbocycles. The lowest BCUT2D eigenvalue weighted by molar-refractivity contribution is -0.152. The predicted octanol–water partition coefficient (Wildman–Crippen LogP) is 8.56. The first kappa shape index (κ1) is 55.5. The number of pyridine rings is 1. The van der Waals surface area contributed by atoms with Gasteiger partial charge in [0.2, 0.25) is 17.7 Å². The Morgan fingerprint density at radius 1 is 0.938 bits per heavy atom. The summed E-state index contributed by atoms with van der Waals surface area (Å²) in [6.45, 7) is 10.4. The van der Waals surface area contributed by atoms with E-state index in [-0.39, 0.29) is 101 Å². The number of benzene rings is 4. The first-order chi connectivity index (χ1) is 38.8. The summed E-state index contributed by atoms with van der Waals surface area (Å²) in [6, 6.07) is 13.3. The van der Waals surface area contributed by atoms with E-state index in [9.17, 15) is 33.4 Å². The Morgan fingerprint density at radius 3 is 2.40 bits per heavy atom. The van der Waals surface area contributed by atoms with Crippen LogP contribution < -0.4 is 20.3 Å². The van der Waals surface area contributed by atoms with Crippen molar-refractivity contribution in [1.82, 2.24) is 40.3 Å². The second-order valence-electron chi connectivity index (χ2n) is 23.6. The minimum Gasteiger partial charge on any atom is -0.508 e. The summed E-state index contributed by atoms with van der Waals surface area (Å²) in [6.07, 6.45) is 12.2. The van der Waals surface area contributed by atoms with Gasteiger partial charge >= 0.3 is 6.01 Å². The molecule has 8 atom stereocenters. The molecule has 81 heavy (non-hydrogen) atoms. The first-order valence-corrected chi connectivity index (χ1v) is 28.2. The molecule has 6 aromatic rings. The number of terminal acetylenes is 1. The second kappa shape index (κ2) is 22.5. The van der Waals surface area contributed by atoms with Crippen LogP contribution in [0.15, 0.2) is 72.9 Å². The van der Waals surface area contributed by atoms with Gasteiger partial charge in [0, 0.05) is 73.8 Å². The molecule has 5 saturated heterocycles. The lowest BCUT2D eigenvalue weighted by atomic mass is 9.83. The molecule has 0 saturated carbocycles. The molecule has 0 spiro atoms. The zero-order chi connectivity index (χ0) is 57.0. The molecular formula is C62H67F4N9O6. The highest BCUT2D eigenvalue weighted by atomic mass is 19.1. The number of phenolic OH excluding ortho intramolecular Hbond substituents is 1. The predicted molar refractivity (Wildman–Crippen MR) is 299 cm³/mol. The van der Waals surface area contributed by atoms with Gasteiger partial charge in [-0.2, -0.15) is 9.97 Å². The average Bonchev–Trinajstić information content (AvgIpc) is 4.36. The van der Waals surface area contributed by atoms with Crippen molar-refractivity contribution < 1.29 is 46.9 Å². The summed E-state index contributed by atoms with van der Waals surface area (Å²) in [5.74, 6) is -1.15. The number of anilines is 1. The van der Waals surface area contributed by atoms with Crippen molar-refractivity contribution in [2.24, 2.45) is 5.41 Å². The lowest BCUT2D eigenvalue weighted by Crippen LogP contribution is -2.59. The van der Waals surface area contributed by atoms with Crippen LogP contribution in [0, 0.1) is 41.0 Å². The second-order valence-corrected chi connectivity index (χ2v) is 23.6. The fourth-order valence-corrected chi connectivity index (χ4v) is 13.2. The number of aliphatic hydroxyl groups excluding tert-OH is 1. The quantitative estimate of drug-likeness (QED) is 0.0570. The standard InChI is InChI=1S/C62H67F4N9O6/c1-6-44-47(63)22-18-37-26-42(76)27-45(52(37)44)55-54(66)56-46(29-67-55)58(73-30-38-19-20-39(31-73)69-38)71-61(70-56)81-33-41-11-9-25-72(41)24-8-10-40-21-23-51(78)75(40)57(62(3,4)5)60(80)74-32-43(77)28-50(74)59(79)68-34(2)35-14-16-36(17-15-35)53-48(64)12-7-13-49(53)65/h1,7,12-18,22,26-27,29,34,38-41,43,50,57,69,76-77H,8-11,19-21,23-25,28,30-33H2,2-5H3,(H,68,79)/t34-,38?,39?,40-,41-,43+,50-,57+/m0/s1. The highest BCUT2D eigenvalue weighted by Gasteiger charge is 2.50. The SMILES string of the molecule is C#Cc1c(F)ccc2cc(O)cc(-c3ncc4c(N5CC6CCC(C5)N6)nc(OC[C@@H]5CCCN5CCC[C@H]5CCC(=O)N5[C@H](C(=O)N5C[C@H](O)C[C@H]5C(=O)N[C@@H](C)c5ccc(-c6c(F)cccc6F)cc5)C(C)(C)C)nc4c3F)c12. The molecule has 11 rings (SSSR count). The smallest absolute Gasteiger partial charge is 0.319 e. The van der Waals surface area contributed by atoms with Gasteiger partial charge < -0.3 is 40.3 Å². The van der Waals surface area contributed by atoms with E-state index in [1.165, 1.54) is 53.6 Å². The van der Waals surface area contributed by atoms with Crippen molar-refractivity contribution in [1.29, 1.82) is 0 Å². The van der Waals surface area contributed by atoms with Crippen molar-refractivity contribution in [2.45, 2.75) is 134 Å². The molecule has 4 aromatic carbocycles. The fraction of sp³-hybridized carbons (Fsp3) is 0.452. The molecule has 2 unspecified atom stereocenters. The molecular weight excluding hydrogens is 1040 g/mol. The molecule has 2 aromatic heterocycles. The van der Waals surface area contributed by atoms with Gasteiger partial charge in [-0.25, -0.2) is 17.6 Å². The summed E-state index contributed by atoms with van der Waals surface area (Å²) in [5.41, 5.74) is -0.0488. The van der Waals surface area contributed by atoms with E-state index in [1.54, 1.807) is 36.1 Å². The Balaban J connectivity index is 0.773. The summed E-state index contributed by atoms with van der Waals surface area (Å²) in [5, 5.41) is 29.4. The summed E-state index contributed by atoms with van der Waals surface area (Å²) >= 11 is 0. The number of hydrogen-bond acceptors (Lipinski definition) is 12. The van der Waals surface area contributed by atoms with E-state index in [0.29, 0.717) is 66.6 Å². The van der Waals surface area contributed by atoms with Gasteiger partial charge in [0.15, 0.2) is 5.82 Å². The third-order valence-electron chi connectivity index (χ3n) is 17.1. The molecule has 15 nitrogen and oxygen atoms in total. The topological polar surface area (TPSA) is 177 Å². The number of halogens is 4. The number of aromatic hydroxyl groups is 1. The Labute approximate surface area is 468 Å². The number of phenols is 1. The number of rotatable bonds is 15. The van der Waals surface area contributed by atoms with Crippen LogP contribution in [0.5, 0.6) is 11.8 Å². The van der Waals surface area contributed by atoms with Gasteiger partial charge in [-0.15, -0.1) is 6.42 Å². The maximum Gasteiger partial charge on any atom is 0.319 e. The van der Waals surface area contributed by atoms with Gasteiger partial charge in [-0.05, 0) is 117 Å². The number of carbonyl (C=O) groups is 3. The van der Waals surface area contributed by atoms with Crippen molar-refractivity contribution >= 4 is 45.2 Å². The molecule has 3 amide bonds. The van der Waals surface area contributed by atoms with Gasteiger partial charge in [-0.3, -0.25) is 24.3 Å². The monoisotopic (exact) mass is 1110 g/mol. The number of likely N-dealkylation sites (tertiary alicyclic amines) is 3. The number of fused-ring (bicyclic) bond motifs is 4. The number of nitrogens with one attached hydrogen (secondary N) is 2. The first-order valence-electron chi connectivity index (χ1n) is 28.2. The molecule has 5 aliphatic rings. The van der Waals surface area contributed by atoms with Crippen LogP contribution in [-0.4, -0.2) is 139 Å². The third-order valence-corrected chi connectivity index (χ3v) is 17.1. The van der Waals surface area contributed by atoms with Gasteiger partial charge in [0.05, 0.1) is 28.7 Å². The Morgan fingerprint density at radius 2 is 1.68 bits per heavy atom. The van der Waals surface area contributed by atoms with Crippen molar-refractivity contribution in [3.8, 4) is 46.5 Å². The highest BCUT2D eigenvalue weighted by molar-refractivity contribution is 6.03. The van der Waals surface area contributed by atoms with Crippen LogP contribution in [0.2, 0.25) is 0 Å². The number of piperazine rings is 1. The van der Waals surface area contributed by atoms with E-state index in [2.05, 4.69) is 36.3 Å². The van der Waals surface area contributed by atoms with Crippen LogP contribution >= 0.6 is 0 Å². The molecule has 0 radical (unpaired) electrons. The molecule has 2 bridgehead atoms. The minimum atomic E-state index is -1.00. The van der Waals surface area contributed by atoms with Gasteiger partial charge in [0.25, 0.3) is 0 Å². The molecule has 424 valence electrons. The maximum absolute atomic E-state index is 17.3. The number of β-amino-alcohol motifs (C(OH)–C–C–N with tert-alkyl or cyclic N) is 1. The van der Waals surface area contributed by atoms with Crippen LogP contribution in [0.1, 0.15) is 103 Å². The van der Waals surface area contributed by atoms with Gasteiger partial charge in [0.1, 0.15) is 58.9 Å². The van der Waals surface area contributed by atoms with Crippen LogP contribution in [-0.2, 0) is 14.4 Å². The number of nitrogens with zero attached hydrogens (tertiary/aromatic N) is 7. The van der Waals surface area contributed by atoms with E-state index in [0.717, 1.165) is 32.2 Å². The van der Waals surface area contributed by atoms with Crippen LogP contribution in [0.25, 0.3) is 44.1 Å². The zero-order valence-corrected chi connectivity index (χ0v) is 45.9. The lowest BCUT2D eigenvalue weighted by Gasteiger charge is -2.43. The number of ether oxygens (including phenoxy) is 1. The zero-order valence-electron chi connectivity index (χ0n) is 45.9. The van der Waals surface area contributed by atoms with Crippen molar-refractivity contribution in [3.63, 3.8) is 0 Å². The fourth-order valence-electron chi connectivity index (χ4n) is 13.2. The van der Waals surface area contributed by atoms with Crippen LogP contribution in [0.4, 0.5) is 23.4 Å². The number of carbonyl (C=O) groups excluding carboxylic acids is 3. The van der Waals surface area contributed by atoms with Crippen LogP contribution in [0.3, 0.4) is 0 Å². The highest BCUT2D eigenvalue weighted by Crippen LogP contribution is 2.41. The van der Waals surface area contributed by atoms with E-state index in [4.69, 9.17) is 16.1 Å². The van der Waals surface area contributed by atoms with Crippen molar-refractivity contribution in [2.75, 3.05) is 44.2 Å². The number of hydrogen-bond donors (Lipinski definition) is 4. The molecule has 4 N–H and O–H groups in total.